The maximum atomic E-state index is 13.1. The van der Waals surface area contributed by atoms with E-state index in [0.29, 0.717) is 28.6 Å². The number of rotatable bonds is 5. The molecule has 2 amide bonds. The molecule has 0 spiro atoms. The number of thiazole rings is 1. The summed E-state index contributed by atoms with van der Waals surface area (Å²) in [5.74, 6) is 0.0374. The van der Waals surface area contributed by atoms with Gasteiger partial charge in [-0.25, -0.2) is 4.98 Å². The van der Waals surface area contributed by atoms with Crippen LogP contribution in [0.3, 0.4) is 0 Å². The maximum Gasteiger partial charge on any atom is 0.268 e. The van der Waals surface area contributed by atoms with Crippen molar-refractivity contribution in [3.63, 3.8) is 0 Å². The second kappa shape index (κ2) is 8.92. The molecule has 0 aliphatic carbocycles. The molecular weight excluding hydrogens is 446 g/mol. The average molecular weight is 470 g/mol. The Bertz CT molecular complexity index is 1210. The molecule has 1 atom stereocenters. The first-order valence-electron chi connectivity index (χ1n) is 10.4. The van der Waals surface area contributed by atoms with Gasteiger partial charge >= 0.3 is 0 Å². The fraction of sp³-hybridized carbons (Fsp3) is 0.292. The first-order chi connectivity index (χ1) is 15.3. The standard InChI is InChI=1S/C24H24ClN3O3S/c1-5-20-24(30)28(12-22(29)27-18-8-6-7-17(25)13(18)2)19-11-16(9-10-21(19)31-20)23-14(3)32-15(4)26-23/h6-11,20H,5,12H2,1-4H3,(H,27,29). The van der Waals surface area contributed by atoms with Gasteiger partial charge in [-0.15, -0.1) is 11.3 Å². The third kappa shape index (κ3) is 4.23. The van der Waals surface area contributed by atoms with E-state index in [-0.39, 0.29) is 18.4 Å². The second-order valence-electron chi connectivity index (χ2n) is 7.72. The number of hydrogen-bond donors (Lipinski definition) is 1. The van der Waals surface area contributed by atoms with E-state index >= 15 is 0 Å². The lowest BCUT2D eigenvalue weighted by molar-refractivity contribution is -0.128. The van der Waals surface area contributed by atoms with E-state index in [9.17, 15) is 9.59 Å². The molecule has 2 heterocycles. The Kier molecular flexibility index (Phi) is 6.22. The first-order valence-corrected chi connectivity index (χ1v) is 11.6. The van der Waals surface area contributed by atoms with Gasteiger partial charge in [0.1, 0.15) is 12.3 Å². The van der Waals surface area contributed by atoms with Gasteiger partial charge in [-0.05, 0) is 63.1 Å². The van der Waals surface area contributed by atoms with Gasteiger partial charge in [0.05, 0.1) is 16.4 Å². The summed E-state index contributed by atoms with van der Waals surface area (Å²) in [6.07, 6.45) is -0.118. The average Bonchev–Trinajstić information content (AvgIpc) is 3.10. The van der Waals surface area contributed by atoms with Crippen molar-refractivity contribution in [1.82, 2.24) is 4.98 Å². The quantitative estimate of drug-likeness (QED) is 0.533. The number of ether oxygens (including phenoxy) is 1. The molecule has 1 aliphatic rings. The highest BCUT2D eigenvalue weighted by atomic mass is 35.5. The Hall–Kier alpha value is -2.90. The summed E-state index contributed by atoms with van der Waals surface area (Å²) in [5, 5.41) is 4.42. The number of carbonyl (C=O) groups is 2. The van der Waals surface area contributed by atoms with Crippen LogP contribution in [0.15, 0.2) is 36.4 Å². The van der Waals surface area contributed by atoms with Crippen molar-refractivity contribution in [2.45, 2.75) is 40.2 Å². The summed E-state index contributed by atoms with van der Waals surface area (Å²) in [6, 6.07) is 11.0. The first kappa shape index (κ1) is 22.3. The topological polar surface area (TPSA) is 71.5 Å². The van der Waals surface area contributed by atoms with Crippen molar-refractivity contribution < 1.29 is 14.3 Å². The highest BCUT2D eigenvalue weighted by molar-refractivity contribution is 7.11. The van der Waals surface area contributed by atoms with Gasteiger partial charge in [0.2, 0.25) is 5.91 Å². The van der Waals surface area contributed by atoms with Crippen molar-refractivity contribution >= 4 is 46.1 Å². The Morgan fingerprint density at radius 2 is 2.03 bits per heavy atom. The predicted octanol–water partition coefficient (Wildman–Crippen LogP) is 5.53. The molecule has 1 aliphatic heterocycles. The fourth-order valence-electron chi connectivity index (χ4n) is 3.77. The van der Waals surface area contributed by atoms with Crippen LogP contribution in [0.2, 0.25) is 5.02 Å². The molecule has 0 fully saturated rings. The number of amides is 2. The van der Waals surface area contributed by atoms with Gasteiger partial charge in [0.25, 0.3) is 5.91 Å². The predicted molar refractivity (Wildman–Crippen MR) is 129 cm³/mol. The summed E-state index contributed by atoms with van der Waals surface area (Å²) in [6.45, 7) is 7.58. The maximum absolute atomic E-state index is 13.1. The van der Waals surface area contributed by atoms with Gasteiger partial charge in [0, 0.05) is 21.2 Å². The molecule has 4 rings (SSSR count). The van der Waals surface area contributed by atoms with Crippen LogP contribution in [0.1, 0.15) is 28.8 Å². The van der Waals surface area contributed by atoms with Crippen LogP contribution in [0.5, 0.6) is 5.75 Å². The minimum Gasteiger partial charge on any atom is -0.478 e. The molecule has 1 unspecified atom stereocenters. The van der Waals surface area contributed by atoms with Crippen LogP contribution < -0.4 is 15.0 Å². The van der Waals surface area contributed by atoms with Crippen LogP contribution in [-0.2, 0) is 9.59 Å². The zero-order chi connectivity index (χ0) is 23.0. The number of aryl methyl sites for hydroxylation is 2. The molecule has 6 nitrogen and oxygen atoms in total. The van der Waals surface area contributed by atoms with E-state index in [4.69, 9.17) is 16.3 Å². The van der Waals surface area contributed by atoms with Crippen molar-refractivity contribution in [3.05, 3.63) is 56.9 Å². The van der Waals surface area contributed by atoms with Crippen molar-refractivity contribution in [3.8, 4) is 17.0 Å². The van der Waals surface area contributed by atoms with Gasteiger partial charge < -0.3 is 10.1 Å². The van der Waals surface area contributed by atoms with E-state index in [1.807, 2.05) is 45.9 Å². The molecule has 0 radical (unpaired) electrons. The van der Waals surface area contributed by atoms with Crippen LogP contribution in [0.25, 0.3) is 11.3 Å². The van der Waals surface area contributed by atoms with Crippen molar-refractivity contribution in [1.29, 1.82) is 0 Å². The van der Waals surface area contributed by atoms with E-state index in [1.165, 1.54) is 4.90 Å². The normalized spacial score (nSPS) is 15.3. The number of benzene rings is 2. The Labute approximate surface area is 196 Å². The molecule has 2 aromatic carbocycles. The van der Waals surface area contributed by atoms with Crippen LogP contribution >= 0.6 is 22.9 Å². The minimum absolute atomic E-state index is 0.129. The Balaban J connectivity index is 1.67. The number of aromatic nitrogens is 1. The molecular formula is C24H24ClN3O3S. The summed E-state index contributed by atoms with van der Waals surface area (Å²) >= 11 is 7.79. The number of hydrogen-bond acceptors (Lipinski definition) is 5. The molecule has 0 saturated heterocycles. The Morgan fingerprint density at radius 1 is 1.25 bits per heavy atom. The summed E-state index contributed by atoms with van der Waals surface area (Å²) < 4.78 is 5.93. The third-order valence-corrected chi connectivity index (χ3v) is 6.75. The number of anilines is 2. The number of halogens is 1. The van der Waals surface area contributed by atoms with Crippen molar-refractivity contribution in [2.24, 2.45) is 0 Å². The zero-order valence-electron chi connectivity index (χ0n) is 18.4. The van der Waals surface area contributed by atoms with Crippen LogP contribution in [-0.4, -0.2) is 29.4 Å². The number of nitrogens with one attached hydrogen (secondary N) is 1. The Morgan fingerprint density at radius 3 is 2.72 bits per heavy atom. The smallest absolute Gasteiger partial charge is 0.268 e. The fourth-order valence-corrected chi connectivity index (χ4v) is 4.78. The highest BCUT2D eigenvalue weighted by Gasteiger charge is 2.35. The van der Waals surface area contributed by atoms with E-state index in [1.54, 1.807) is 29.5 Å². The van der Waals surface area contributed by atoms with E-state index < -0.39 is 6.10 Å². The van der Waals surface area contributed by atoms with E-state index in [2.05, 4.69) is 10.3 Å². The molecule has 3 aromatic rings. The summed E-state index contributed by atoms with van der Waals surface area (Å²) in [5.41, 5.74) is 3.73. The zero-order valence-corrected chi connectivity index (χ0v) is 19.9. The number of nitrogens with zero attached hydrogens (tertiary/aromatic N) is 2. The molecule has 0 saturated carbocycles. The highest BCUT2D eigenvalue weighted by Crippen LogP contribution is 2.39. The monoisotopic (exact) mass is 469 g/mol. The van der Waals surface area contributed by atoms with Crippen molar-refractivity contribution in [2.75, 3.05) is 16.8 Å². The third-order valence-electron chi connectivity index (χ3n) is 5.45. The summed E-state index contributed by atoms with van der Waals surface area (Å²) in [7, 11) is 0. The van der Waals surface area contributed by atoms with Gasteiger partial charge in [-0.1, -0.05) is 24.6 Å². The van der Waals surface area contributed by atoms with Gasteiger partial charge in [0.15, 0.2) is 6.10 Å². The van der Waals surface area contributed by atoms with Gasteiger partial charge in [-0.2, -0.15) is 0 Å². The van der Waals surface area contributed by atoms with Crippen LogP contribution in [0, 0.1) is 20.8 Å². The van der Waals surface area contributed by atoms with Gasteiger partial charge in [-0.3, -0.25) is 14.5 Å². The SMILES string of the molecule is CCC1Oc2ccc(-c3nc(C)sc3C)cc2N(CC(=O)Nc2cccc(Cl)c2C)C1=O. The molecule has 166 valence electrons. The molecule has 1 N–H and O–H groups in total. The molecule has 32 heavy (non-hydrogen) atoms. The largest absolute Gasteiger partial charge is 0.478 e. The lowest BCUT2D eigenvalue weighted by Crippen LogP contribution is -2.48. The van der Waals surface area contributed by atoms with E-state index in [0.717, 1.165) is 26.7 Å². The summed E-state index contributed by atoms with van der Waals surface area (Å²) in [4.78, 5) is 33.3. The molecule has 0 bridgehead atoms. The molecule has 8 heteroatoms. The molecule has 1 aromatic heterocycles. The second-order valence-corrected chi connectivity index (χ2v) is 9.53. The number of fused-ring (bicyclic) bond motifs is 1. The minimum atomic E-state index is -0.627. The number of carbonyl (C=O) groups excluding carboxylic acids is 2. The lowest BCUT2D eigenvalue weighted by atomic mass is 10.1. The van der Waals surface area contributed by atoms with Crippen LogP contribution in [0.4, 0.5) is 11.4 Å². The lowest BCUT2D eigenvalue weighted by Gasteiger charge is -2.34.